The predicted octanol–water partition coefficient (Wildman–Crippen LogP) is 0.852. The van der Waals surface area contributed by atoms with Gasteiger partial charge in [0.25, 0.3) is 6.47 Å². The third kappa shape index (κ3) is 2.70. The molecule has 0 aliphatic rings. The summed E-state index contributed by atoms with van der Waals surface area (Å²) in [5.74, 6) is -0.816. The zero-order valence-corrected chi connectivity index (χ0v) is 8.10. The van der Waals surface area contributed by atoms with Crippen molar-refractivity contribution in [2.45, 2.75) is 6.61 Å². The van der Waals surface area contributed by atoms with Crippen LogP contribution in [0.25, 0.3) is 0 Å². The molecule has 5 heteroatoms. The Bertz CT molecular complexity index is 372. The summed E-state index contributed by atoms with van der Waals surface area (Å²) in [5, 5.41) is 9.45. The Morgan fingerprint density at radius 2 is 2.27 bits per heavy atom. The minimum absolute atomic E-state index is 0.0541. The lowest BCUT2D eigenvalue weighted by Gasteiger charge is -2.04. The molecule has 0 radical (unpaired) electrons. The number of phenolic OH excluding ortho intramolecular Hbond substituents is 1. The van der Waals surface area contributed by atoms with Crippen molar-refractivity contribution in [1.82, 2.24) is 0 Å². The fraction of sp³-hybridized carbons (Fsp3) is 0.200. The second-order valence-electron chi connectivity index (χ2n) is 2.75. The van der Waals surface area contributed by atoms with Crippen LogP contribution in [0.4, 0.5) is 0 Å². The van der Waals surface area contributed by atoms with Gasteiger partial charge in [-0.2, -0.15) is 0 Å². The summed E-state index contributed by atoms with van der Waals surface area (Å²) >= 11 is 0. The van der Waals surface area contributed by atoms with Crippen molar-refractivity contribution in [3.63, 3.8) is 0 Å². The molecular weight excluding hydrogens is 200 g/mol. The summed E-state index contributed by atoms with van der Waals surface area (Å²) in [7, 11) is 1.23. The van der Waals surface area contributed by atoms with Crippen LogP contribution in [0.5, 0.6) is 5.75 Å². The van der Waals surface area contributed by atoms with Gasteiger partial charge in [0.1, 0.15) is 17.9 Å². The minimum Gasteiger partial charge on any atom is -0.507 e. The van der Waals surface area contributed by atoms with Crippen LogP contribution in [-0.4, -0.2) is 24.7 Å². The van der Waals surface area contributed by atoms with Gasteiger partial charge in [-0.25, -0.2) is 4.79 Å². The first kappa shape index (κ1) is 11.0. The molecule has 0 heterocycles. The van der Waals surface area contributed by atoms with E-state index in [2.05, 4.69) is 9.47 Å². The van der Waals surface area contributed by atoms with Crippen molar-refractivity contribution in [3.8, 4) is 5.75 Å². The first-order valence-corrected chi connectivity index (χ1v) is 4.14. The lowest BCUT2D eigenvalue weighted by atomic mass is 10.1. The van der Waals surface area contributed by atoms with E-state index in [4.69, 9.17) is 0 Å². The molecular formula is C10H10O5. The van der Waals surface area contributed by atoms with Crippen LogP contribution in [0, 0.1) is 0 Å². The summed E-state index contributed by atoms with van der Waals surface area (Å²) in [6.07, 6.45) is 0. The van der Waals surface area contributed by atoms with Crippen molar-refractivity contribution >= 4 is 12.4 Å². The summed E-state index contributed by atoms with van der Waals surface area (Å²) in [6.45, 7) is 0.365. The molecule has 0 saturated heterocycles. The molecule has 0 atom stereocenters. The molecule has 1 aromatic carbocycles. The maximum Gasteiger partial charge on any atom is 0.341 e. The number of esters is 1. The van der Waals surface area contributed by atoms with Gasteiger partial charge >= 0.3 is 5.97 Å². The Kier molecular flexibility index (Phi) is 3.68. The third-order valence-electron chi connectivity index (χ3n) is 1.79. The van der Waals surface area contributed by atoms with Gasteiger partial charge in [-0.15, -0.1) is 0 Å². The molecule has 0 saturated carbocycles. The minimum atomic E-state index is -0.615. The lowest BCUT2D eigenvalue weighted by molar-refractivity contribution is -0.129. The number of benzene rings is 1. The number of rotatable bonds is 4. The van der Waals surface area contributed by atoms with E-state index in [9.17, 15) is 14.7 Å². The number of carbonyl (C=O) groups is 2. The van der Waals surface area contributed by atoms with Crippen LogP contribution in [0.1, 0.15) is 15.9 Å². The Hall–Kier alpha value is -2.04. The predicted molar refractivity (Wildman–Crippen MR) is 50.3 cm³/mol. The Balaban J connectivity index is 2.87. The standard InChI is InChI=1S/C10H10O5/c1-14-10(13)8-3-2-7(4-9(8)12)5-15-6-11/h2-4,6,12H,5H2,1H3. The molecule has 0 bridgehead atoms. The van der Waals surface area contributed by atoms with Crippen LogP contribution in [0.3, 0.4) is 0 Å². The van der Waals surface area contributed by atoms with Gasteiger partial charge in [-0.1, -0.05) is 6.07 Å². The van der Waals surface area contributed by atoms with Crippen LogP contribution in [-0.2, 0) is 20.9 Å². The molecule has 0 spiro atoms. The molecule has 1 rings (SSSR count). The van der Waals surface area contributed by atoms with Gasteiger partial charge < -0.3 is 14.6 Å². The number of phenols is 1. The first-order chi connectivity index (χ1) is 7.19. The molecule has 15 heavy (non-hydrogen) atoms. The molecule has 0 amide bonds. The van der Waals surface area contributed by atoms with E-state index in [1.807, 2.05) is 0 Å². The summed E-state index contributed by atoms with van der Waals surface area (Å²) in [4.78, 5) is 21.0. The van der Waals surface area contributed by atoms with Gasteiger partial charge in [0.2, 0.25) is 0 Å². The monoisotopic (exact) mass is 210 g/mol. The molecule has 0 fully saturated rings. The number of ether oxygens (including phenoxy) is 2. The van der Waals surface area contributed by atoms with Gasteiger partial charge in [0.15, 0.2) is 0 Å². The largest absolute Gasteiger partial charge is 0.507 e. The number of carbonyl (C=O) groups excluding carboxylic acids is 2. The smallest absolute Gasteiger partial charge is 0.341 e. The van der Waals surface area contributed by atoms with Crippen molar-refractivity contribution in [3.05, 3.63) is 29.3 Å². The molecule has 80 valence electrons. The molecule has 0 aliphatic carbocycles. The Morgan fingerprint density at radius 3 is 2.80 bits per heavy atom. The van der Waals surface area contributed by atoms with Crippen LogP contribution in [0.15, 0.2) is 18.2 Å². The van der Waals surface area contributed by atoms with E-state index >= 15 is 0 Å². The van der Waals surface area contributed by atoms with Gasteiger partial charge in [0, 0.05) is 0 Å². The average molecular weight is 210 g/mol. The third-order valence-corrected chi connectivity index (χ3v) is 1.79. The van der Waals surface area contributed by atoms with E-state index in [0.717, 1.165) is 0 Å². The van der Waals surface area contributed by atoms with E-state index < -0.39 is 5.97 Å². The normalized spacial score (nSPS) is 9.40. The van der Waals surface area contributed by atoms with E-state index in [-0.39, 0.29) is 17.9 Å². The van der Waals surface area contributed by atoms with Crippen LogP contribution >= 0.6 is 0 Å². The average Bonchev–Trinajstić information content (AvgIpc) is 2.25. The van der Waals surface area contributed by atoms with E-state index in [1.54, 1.807) is 6.07 Å². The second kappa shape index (κ2) is 4.99. The maximum absolute atomic E-state index is 11.1. The fourth-order valence-corrected chi connectivity index (χ4v) is 1.08. The Labute approximate surface area is 86.2 Å². The zero-order valence-electron chi connectivity index (χ0n) is 8.10. The number of methoxy groups -OCH3 is 1. The van der Waals surface area contributed by atoms with Crippen molar-refractivity contribution < 1.29 is 24.2 Å². The van der Waals surface area contributed by atoms with Crippen molar-refractivity contribution in [1.29, 1.82) is 0 Å². The van der Waals surface area contributed by atoms with E-state index in [1.165, 1.54) is 19.2 Å². The van der Waals surface area contributed by atoms with Gasteiger partial charge in [0.05, 0.1) is 7.11 Å². The SMILES string of the molecule is COC(=O)c1ccc(COC=O)cc1O. The number of hydrogen-bond acceptors (Lipinski definition) is 5. The number of hydrogen-bond donors (Lipinski definition) is 1. The second-order valence-corrected chi connectivity index (χ2v) is 2.75. The first-order valence-electron chi connectivity index (χ1n) is 4.14. The highest BCUT2D eigenvalue weighted by Gasteiger charge is 2.11. The molecule has 0 aromatic heterocycles. The molecule has 1 aromatic rings. The van der Waals surface area contributed by atoms with Crippen LogP contribution in [0.2, 0.25) is 0 Å². The summed E-state index contributed by atoms with van der Waals surface area (Å²) in [5.41, 5.74) is 0.666. The van der Waals surface area contributed by atoms with E-state index in [0.29, 0.717) is 12.0 Å². The number of aromatic hydroxyl groups is 1. The highest BCUT2D eigenvalue weighted by atomic mass is 16.5. The van der Waals surface area contributed by atoms with Crippen molar-refractivity contribution in [2.75, 3.05) is 7.11 Å². The quantitative estimate of drug-likeness (QED) is 0.589. The van der Waals surface area contributed by atoms with Gasteiger partial charge in [-0.3, -0.25) is 4.79 Å². The summed E-state index contributed by atoms with van der Waals surface area (Å²) < 4.78 is 8.95. The highest BCUT2D eigenvalue weighted by molar-refractivity contribution is 5.92. The molecule has 0 unspecified atom stereocenters. The zero-order chi connectivity index (χ0) is 11.3. The Morgan fingerprint density at radius 1 is 1.53 bits per heavy atom. The summed E-state index contributed by atoms with van der Waals surface area (Å²) in [6, 6.07) is 4.32. The maximum atomic E-state index is 11.1. The topological polar surface area (TPSA) is 72.8 Å². The fourth-order valence-electron chi connectivity index (χ4n) is 1.08. The van der Waals surface area contributed by atoms with Gasteiger partial charge in [-0.05, 0) is 17.7 Å². The van der Waals surface area contributed by atoms with Crippen molar-refractivity contribution in [2.24, 2.45) is 0 Å². The molecule has 0 aliphatic heterocycles. The lowest BCUT2D eigenvalue weighted by Crippen LogP contribution is -2.02. The van der Waals surface area contributed by atoms with Crippen LogP contribution < -0.4 is 0 Å². The molecule has 5 nitrogen and oxygen atoms in total. The highest BCUT2D eigenvalue weighted by Crippen LogP contribution is 2.19. The molecule has 1 N–H and O–H groups in total.